The normalized spacial score (nSPS) is 52.9. The van der Waals surface area contributed by atoms with Crippen molar-refractivity contribution in [2.75, 3.05) is 0 Å². The molecule has 3 heteroatoms. The van der Waals surface area contributed by atoms with Crippen LogP contribution < -0.4 is 0 Å². The van der Waals surface area contributed by atoms with Crippen molar-refractivity contribution in [3.8, 4) is 0 Å². The third kappa shape index (κ3) is 2.70. The number of hydrogen-bond acceptors (Lipinski definition) is 2. The van der Waals surface area contributed by atoms with Gasteiger partial charge < -0.3 is 10.2 Å². The van der Waals surface area contributed by atoms with Crippen LogP contribution in [-0.4, -0.2) is 22.3 Å². The summed E-state index contributed by atoms with van der Waals surface area (Å²) in [6.07, 6.45) is 11.9. The van der Waals surface area contributed by atoms with Gasteiger partial charge in [-0.1, -0.05) is 60.1 Å². The number of fused-ring (bicyclic) bond motifs is 7. The van der Waals surface area contributed by atoms with Crippen LogP contribution in [0.4, 0.5) is 0 Å². The lowest BCUT2D eigenvalue weighted by Crippen LogP contribution is -2.64. The van der Waals surface area contributed by atoms with Gasteiger partial charge >= 0.3 is 5.97 Å². The minimum atomic E-state index is -0.555. The Morgan fingerprint density at radius 3 is 2.27 bits per heavy atom. The molecule has 0 heterocycles. The lowest BCUT2D eigenvalue weighted by atomic mass is 9.34. The number of hydrogen-bond donors (Lipinski definition) is 2. The van der Waals surface area contributed by atoms with Gasteiger partial charge in [-0.25, -0.2) is 0 Å². The van der Waals surface area contributed by atoms with E-state index in [0.717, 1.165) is 44.9 Å². The first kappa shape index (κ1) is 23.9. The highest BCUT2D eigenvalue weighted by atomic mass is 16.4. The van der Waals surface area contributed by atoms with E-state index in [1.165, 1.54) is 18.4 Å². The van der Waals surface area contributed by atoms with Crippen molar-refractivity contribution in [2.45, 2.75) is 112 Å². The van der Waals surface area contributed by atoms with Gasteiger partial charge in [-0.15, -0.1) is 0 Å². The molecule has 2 N–H and O–H groups in total. The molecule has 5 aliphatic rings. The van der Waals surface area contributed by atoms with E-state index in [-0.39, 0.29) is 33.7 Å². The van der Waals surface area contributed by atoms with Crippen LogP contribution in [0.3, 0.4) is 0 Å². The Morgan fingerprint density at radius 2 is 1.64 bits per heavy atom. The minimum Gasteiger partial charge on any atom is -0.481 e. The molecule has 0 bridgehead atoms. The van der Waals surface area contributed by atoms with Crippen molar-refractivity contribution in [2.24, 2.45) is 56.7 Å². The van der Waals surface area contributed by atoms with E-state index in [1.54, 1.807) is 0 Å². The number of aliphatic hydroxyl groups excluding tert-OH is 1. The van der Waals surface area contributed by atoms with Crippen LogP contribution in [0.5, 0.6) is 0 Å². The van der Waals surface area contributed by atoms with E-state index in [2.05, 4.69) is 54.5 Å². The van der Waals surface area contributed by atoms with Crippen LogP contribution in [0, 0.1) is 56.7 Å². The van der Waals surface area contributed by atoms with E-state index >= 15 is 0 Å². The predicted octanol–water partition coefficient (Wildman–Crippen LogP) is 7.09. The van der Waals surface area contributed by atoms with Gasteiger partial charge in [-0.2, -0.15) is 0 Å². The molecule has 9 atom stereocenters. The Labute approximate surface area is 201 Å². The zero-order valence-corrected chi connectivity index (χ0v) is 22.2. The monoisotopic (exact) mass is 456 g/mol. The highest BCUT2D eigenvalue weighted by Crippen LogP contribution is 2.76. The average molecular weight is 457 g/mol. The van der Waals surface area contributed by atoms with Gasteiger partial charge in [0.2, 0.25) is 0 Å². The highest BCUT2D eigenvalue weighted by Gasteiger charge is 2.70. The molecule has 0 spiro atoms. The molecule has 0 saturated heterocycles. The summed E-state index contributed by atoms with van der Waals surface area (Å²) >= 11 is 0. The molecule has 0 aromatic heterocycles. The molecule has 0 aromatic carbocycles. The van der Waals surface area contributed by atoms with E-state index in [4.69, 9.17) is 0 Å². The molecule has 5 aliphatic carbocycles. The lowest BCUT2D eigenvalue weighted by molar-refractivity contribution is -0.203. The second kappa shape index (κ2) is 7.11. The van der Waals surface area contributed by atoms with Crippen LogP contribution in [0.15, 0.2) is 11.6 Å². The zero-order chi connectivity index (χ0) is 24.2. The van der Waals surface area contributed by atoms with Gasteiger partial charge in [0.15, 0.2) is 0 Å². The molecule has 4 saturated carbocycles. The number of carboxylic acids is 1. The van der Waals surface area contributed by atoms with E-state index < -0.39 is 11.4 Å². The molecule has 0 radical (unpaired) electrons. The van der Waals surface area contributed by atoms with Crippen molar-refractivity contribution in [1.82, 2.24) is 0 Å². The molecule has 33 heavy (non-hydrogen) atoms. The van der Waals surface area contributed by atoms with Gasteiger partial charge in [0.25, 0.3) is 0 Å². The smallest absolute Gasteiger partial charge is 0.310 e. The second-order valence-electron chi connectivity index (χ2n) is 14.5. The summed E-state index contributed by atoms with van der Waals surface area (Å²) in [4.78, 5) is 12.9. The Balaban J connectivity index is 1.58. The van der Waals surface area contributed by atoms with Gasteiger partial charge in [-0.3, -0.25) is 4.79 Å². The van der Waals surface area contributed by atoms with E-state index in [1.807, 2.05) is 0 Å². The number of aliphatic hydroxyl groups is 1. The van der Waals surface area contributed by atoms with Crippen LogP contribution in [0.2, 0.25) is 0 Å². The number of rotatable bonds is 2. The zero-order valence-electron chi connectivity index (χ0n) is 22.2. The fourth-order valence-electron chi connectivity index (χ4n) is 11.2. The van der Waals surface area contributed by atoms with Crippen molar-refractivity contribution in [3.05, 3.63) is 11.6 Å². The minimum absolute atomic E-state index is 0.0276. The summed E-state index contributed by atoms with van der Waals surface area (Å²) in [6, 6.07) is 0. The molecule has 0 amide bonds. The third-order valence-electron chi connectivity index (χ3n) is 13.2. The van der Waals surface area contributed by atoms with E-state index in [9.17, 15) is 15.0 Å². The Hall–Kier alpha value is -0.830. The van der Waals surface area contributed by atoms with Crippen molar-refractivity contribution in [3.63, 3.8) is 0 Å². The number of carboxylic acid groups (broad SMARTS) is 1. The first-order valence-electron chi connectivity index (χ1n) is 13.9. The third-order valence-corrected chi connectivity index (χ3v) is 13.2. The summed E-state index contributed by atoms with van der Waals surface area (Å²) in [5.74, 6) is 1.58. The van der Waals surface area contributed by atoms with Gasteiger partial charge in [-0.05, 0) is 109 Å². The standard InChI is InChI=1S/C30H48O3/c1-18(2)19-8-9-21-20-10-11-23-27(5)14-13-24(31)26(3,4)22(27)12-15-29(23,7)28(20,6)16-17-30(19,21)25(32)33/h10,18-19,21-24,31H,8-9,11-17H2,1-7H3,(H,32,33)/t19-,21+,22-,23+,24+,27-,28+,29+,30+/m0/s1. The predicted molar refractivity (Wildman–Crippen MR) is 133 cm³/mol. The Kier molecular flexibility index (Phi) is 5.15. The van der Waals surface area contributed by atoms with Crippen molar-refractivity contribution in [1.29, 1.82) is 0 Å². The summed E-state index contributed by atoms with van der Waals surface area (Å²) in [5, 5.41) is 21.5. The van der Waals surface area contributed by atoms with Gasteiger partial charge in [0, 0.05) is 0 Å². The van der Waals surface area contributed by atoms with Gasteiger partial charge in [0.05, 0.1) is 11.5 Å². The molecule has 0 aromatic rings. The quantitative estimate of drug-likeness (QED) is 0.436. The molecular formula is C30H48O3. The van der Waals surface area contributed by atoms with Crippen LogP contribution in [0.1, 0.15) is 106 Å². The first-order chi connectivity index (χ1) is 15.3. The van der Waals surface area contributed by atoms with Crippen molar-refractivity contribution >= 4 is 5.97 Å². The maximum Gasteiger partial charge on any atom is 0.310 e. The fourth-order valence-corrected chi connectivity index (χ4v) is 11.2. The number of allylic oxidation sites excluding steroid dienone is 2. The Bertz CT molecular complexity index is 872. The maximum atomic E-state index is 12.9. The first-order valence-corrected chi connectivity index (χ1v) is 13.9. The van der Waals surface area contributed by atoms with E-state index in [0.29, 0.717) is 23.7 Å². The molecule has 186 valence electrons. The van der Waals surface area contributed by atoms with Crippen molar-refractivity contribution < 1.29 is 15.0 Å². The number of carbonyl (C=O) groups is 1. The topological polar surface area (TPSA) is 57.5 Å². The summed E-state index contributed by atoms with van der Waals surface area (Å²) in [6.45, 7) is 16.7. The average Bonchev–Trinajstić information content (AvgIpc) is 3.13. The largest absolute Gasteiger partial charge is 0.481 e. The van der Waals surface area contributed by atoms with Crippen LogP contribution in [0.25, 0.3) is 0 Å². The number of aliphatic carboxylic acids is 1. The SMILES string of the molecule is CC(C)[C@@H]1CC[C@@H]2C3=CC[C@@H]4[C@@]5(C)CC[C@@H](O)C(C)(C)[C@@H]5CC[C@@]4(C)[C@]3(C)CC[C@]21C(=O)O. The molecule has 0 unspecified atom stereocenters. The summed E-state index contributed by atoms with van der Waals surface area (Å²) in [5.41, 5.74) is 1.50. The fraction of sp³-hybridized carbons (Fsp3) is 0.900. The summed E-state index contributed by atoms with van der Waals surface area (Å²) in [7, 11) is 0. The highest BCUT2D eigenvalue weighted by molar-refractivity contribution is 5.77. The molecule has 0 aliphatic heterocycles. The molecular weight excluding hydrogens is 408 g/mol. The Morgan fingerprint density at radius 1 is 0.939 bits per heavy atom. The lowest BCUT2D eigenvalue weighted by Gasteiger charge is -2.70. The van der Waals surface area contributed by atoms with Gasteiger partial charge in [0.1, 0.15) is 0 Å². The molecule has 3 nitrogen and oxygen atoms in total. The molecule has 5 rings (SSSR count). The second-order valence-corrected chi connectivity index (χ2v) is 14.5. The maximum absolute atomic E-state index is 12.9. The van der Waals surface area contributed by atoms with Crippen LogP contribution in [-0.2, 0) is 4.79 Å². The molecule has 4 fully saturated rings. The van der Waals surface area contributed by atoms with Crippen LogP contribution >= 0.6 is 0 Å². The summed E-state index contributed by atoms with van der Waals surface area (Å²) < 4.78 is 0.